The van der Waals surface area contributed by atoms with Crippen molar-refractivity contribution < 1.29 is 17.9 Å². The summed E-state index contributed by atoms with van der Waals surface area (Å²) in [5.41, 5.74) is 1.26. The first kappa shape index (κ1) is 17.2. The average molecular weight is 393 g/mol. The van der Waals surface area contributed by atoms with E-state index in [4.69, 9.17) is 16.3 Å². The third-order valence-corrected chi connectivity index (χ3v) is 6.76. The molecule has 4 rings (SSSR count). The van der Waals surface area contributed by atoms with Gasteiger partial charge >= 0.3 is 6.03 Å². The zero-order chi connectivity index (χ0) is 18.5. The van der Waals surface area contributed by atoms with Crippen LogP contribution in [0.15, 0.2) is 48.5 Å². The lowest BCUT2D eigenvalue weighted by atomic mass is 10.1. The van der Waals surface area contributed by atoms with Gasteiger partial charge in [-0.15, -0.1) is 0 Å². The highest BCUT2D eigenvalue weighted by Crippen LogP contribution is 2.38. The molecule has 0 saturated carbocycles. The van der Waals surface area contributed by atoms with Crippen LogP contribution in [0.5, 0.6) is 5.75 Å². The summed E-state index contributed by atoms with van der Waals surface area (Å²) in [5, 5.41) is 0.556. The van der Waals surface area contributed by atoms with E-state index in [9.17, 15) is 13.2 Å². The number of benzene rings is 2. The molecule has 2 fully saturated rings. The third kappa shape index (κ3) is 2.81. The number of hydrogen-bond acceptors (Lipinski definition) is 4. The summed E-state index contributed by atoms with van der Waals surface area (Å²) in [5.74, 6) is 0.509. The first-order valence-electron chi connectivity index (χ1n) is 8.12. The predicted molar refractivity (Wildman–Crippen MR) is 101 cm³/mol. The molecule has 0 bridgehead atoms. The van der Waals surface area contributed by atoms with Crippen LogP contribution in [0.4, 0.5) is 16.2 Å². The van der Waals surface area contributed by atoms with Crippen molar-refractivity contribution in [1.29, 1.82) is 0 Å². The molecule has 2 aliphatic heterocycles. The number of carbonyl (C=O) groups is 1. The van der Waals surface area contributed by atoms with Gasteiger partial charge in [0.15, 0.2) is 9.84 Å². The van der Waals surface area contributed by atoms with E-state index in [1.165, 1.54) is 0 Å². The van der Waals surface area contributed by atoms with Crippen LogP contribution in [-0.4, -0.2) is 45.1 Å². The highest BCUT2D eigenvalue weighted by Gasteiger charge is 2.54. The first-order chi connectivity index (χ1) is 12.4. The SMILES string of the molecule is COc1cccc(N2C(=O)N(c3ccc(Cl)cc3)[C@H]3CS(=O)(=O)C[C@H]32)c1. The van der Waals surface area contributed by atoms with Gasteiger partial charge in [-0.1, -0.05) is 17.7 Å². The molecule has 2 atom stereocenters. The third-order valence-electron chi connectivity index (χ3n) is 4.81. The van der Waals surface area contributed by atoms with Gasteiger partial charge in [-0.3, -0.25) is 9.80 Å². The zero-order valence-corrected chi connectivity index (χ0v) is 15.6. The van der Waals surface area contributed by atoms with Crippen LogP contribution in [0.25, 0.3) is 0 Å². The van der Waals surface area contributed by atoms with Gasteiger partial charge in [-0.25, -0.2) is 13.2 Å². The molecule has 0 N–H and O–H groups in total. The van der Waals surface area contributed by atoms with Crippen molar-refractivity contribution in [2.24, 2.45) is 0 Å². The van der Waals surface area contributed by atoms with E-state index >= 15 is 0 Å². The number of sulfone groups is 1. The zero-order valence-electron chi connectivity index (χ0n) is 14.0. The minimum atomic E-state index is -3.23. The average Bonchev–Trinajstić information content (AvgIpc) is 3.04. The van der Waals surface area contributed by atoms with Gasteiger partial charge in [0.2, 0.25) is 0 Å². The maximum absolute atomic E-state index is 13.2. The van der Waals surface area contributed by atoms with Crippen molar-refractivity contribution >= 4 is 38.8 Å². The summed E-state index contributed by atoms with van der Waals surface area (Å²) in [7, 11) is -1.68. The molecule has 0 aliphatic carbocycles. The van der Waals surface area contributed by atoms with Gasteiger partial charge < -0.3 is 4.74 Å². The number of fused-ring (bicyclic) bond motifs is 1. The number of rotatable bonds is 3. The fourth-order valence-corrected chi connectivity index (χ4v) is 5.71. The lowest BCUT2D eigenvalue weighted by molar-refractivity contribution is 0.255. The molecule has 2 aliphatic rings. The van der Waals surface area contributed by atoms with Gasteiger partial charge in [0.1, 0.15) is 5.75 Å². The molecule has 2 heterocycles. The number of amides is 2. The molecule has 2 aromatic rings. The van der Waals surface area contributed by atoms with E-state index in [0.717, 1.165) is 0 Å². The Labute approximate surface area is 156 Å². The van der Waals surface area contributed by atoms with Crippen LogP contribution in [-0.2, 0) is 9.84 Å². The number of ether oxygens (including phenoxy) is 1. The second-order valence-electron chi connectivity index (χ2n) is 6.41. The normalized spacial score (nSPS) is 24.0. The lowest BCUT2D eigenvalue weighted by Gasteiger charge is -2.23. The summed E-state index contributed by atoms with van der Waals surface area (Å²) >= 11 is 5.95. The van der Waals surface area contributed by atoms with Crippen LogP contribution >= 0.6 is 11.6 Å². The predicted octanol–water partition coefficient (Wildman–Crippen LogP) is 2.96. The van der Waals surface area contributed by atoms with Crippen molar-refractivity contribution in [3.8, 4) is 5.75 Å². The van der Waals surface area contributed by atoms with Gasteiger partial charge in [-0.2, -0.15) is 0 Å². The highest BCUT2D eigenvalue weighted by molar-refractivity contribution is 7.91. The Morgan fingerprint density at radius 2 is 1.62 bits per heavy atom. The molecule has 0 unspecified atom stereocenters. The van der Waals surface area contributed by atoms with Crippen molar-refractivity contribution in [2.75, 3.05) is 28.4 Å². The largest absolute Gasteiger partial charge is 0.497 e. The minimum absolute atomic E-state index is 0.0491. The Morgan fingerprint density at radius 1 is 1.00 bits per heavy atom. The summed E-state index contributed by atoms with van der Waals surface area (Å²) in [6.45, 7) is 0. The molecule has 0 radical (unpaired) electrons. The molecule has 6 nitrogen and oxygen atoms in total. The second-order valence-corrected chi connectivity index (χ2v) is 9.00. The second kappa shape index (κ2) is 6.17. The molecule has 8 heteroatoms. The summed E-state index contributed by atoms with van der Waals surface area (Å²) in [4.78, 5) is 16.3. The van der Waals surface area contributed by atoms with Gasteiger partial charge in [-0.05, 0) is 36.4 Å². The summed E-state index contributed by atoms with van der Waals surface area (Å²) in [6.07, 6.45) is 0. The van der Waals surface area contributed by atoms with Gasteiger partial charge in [0.05, 0.1) is 30.7 Å². The van der Waals surface area contributed by atoms with Crippen LogP contribution in [0.3, 0.4) is 0 Å². The molecule has 2 amide bonds. The molecule has 2 saturated heterocycles. The number of methoxy groups -OCH3 is 1. The monoisotopic (exact) mass is 392 g/mol. The number of halogens is 1. The van der Waals surface area contributed by atoms with E-state index in [2.05, 4.69) is 0 Å². The van der Waals surface area contributed by atoms with Crippen LogP contribution in [0.1, 0.15) is 0 Å². The topological polar surface area (TPSA) is 66.9 Å². The van der Waals surface area contributed by atoms with Gasteiger partial charge in [0.25, 0.3) is 0 Å². The maximum Gasteiger partial charge on any atom is 0.329 e. The van der Waals surface area contributed by atoms with E-state index in [1.807, 2.05) is 0 Å². The smallest absolute Gasteiger partial charge is 0.329 e. The number of anilines is 2. The number of hydrogen-bond donors (Lipinski definition) is 0. The quantitative estimate of drug-likeness (QED) is 0.753. The molecular weight excluding hydrogens is 376 g/mol. The van der Waals surface area contributed by atoms with E-state index in [-0.39, 0.29) is 17.5 Å². The number of nitrogens with zero attached hydrogens (tertiary/aromatic N) is 2. The Kier molecular flexibility index (Phi) is 4.08. The van der Waals surface area contributed by atoms with Crippen LogP contribution < -0.4 is 14.5 Å². The van der Waals surface area contributed by atoms with Crippen molar-refractivity contribution in [3.05, 3.63) is 53.6 Å². The Bertz CT molecular complexity index is 961. The van der Waals surface area contributed by atoms with Crippen molar-refractivity contribution in [1.82, 2.24) is 0 Å². The summed E-state index contributed by atoms with van der Waals surface area (Å²) in [6, 6.07) is 12.8. The van der Waals surface area contributed by atoms with Crippen LogP contribution in [0.2, 0.25) is 5.02 Å². The van der Waals surface area contributed by atoms with Crippen LogP contribution in [0, 0.1) is 0 Å². The number of carbonyl (C=O) groups excluding carboxylic acids is 1. The maximum atomic E-state index is 13.2. The molecule has 26 heavy (non-hydrogen) atoms. The van der Waals surface area contributed by atoms with Crippen molar-refractivity contribution in [3.63, 3.8) is 0 Å². The van der Waals surface area contributed by atoms with E-state index in [1.54, 1.807) is 65.4 Å². The first-order valence-corrected chi connectivity index (χ1v) is 10.3. The molecule has 2 aromatic carbocycles. The van der Waals surface area contributed by atoms with E-state index < -0.39 is 21.9 Å². The minimum Gasteiger partial charge on any atom is -0.497 e. The Morgan fingerprint density at radius 3 is 2.23 bits per heavy atom. The molecular formula is C18H17ClN2O4S. The lowest BCUT2D eigenvalue weighted by Crippen LogP contribution is -2.37. The summed E-state index contributed by atoms with van der Waals surface area (Å²) < 4.78 is 29.8. The number of urea groups is 1. The van der Waals surface area contributed by atoms with Crippen molar-refractivity contribution in [2.45, 2.75) is 12.1 Å². The Balaban J connectivity index is 1.80. The fourth-order valence-electron chi connectivity index (χ4n) is 3.67. The standard InChI is InChI=1S/C18H17ClN2O4S/c1-25-15-4-2-3-14(9-15)21-17-11-26(23,24)10-16(17)20(18(21)22)13-7-5-12(19)6-8-13/h2-9,16-17H,10-11H2,1H3/t16-,17+/m0/s1. The Hall–Kier alpha value is -2.25. The fraction of sp³-hybridized carbons (Fsp3) is 0.278. The van der Waals surface area contributed by atoms with E-state index in [0.29, 0.717) is 22.1 Å². The highest BCUT2D eigenvalue weighted by atomic mass is 35.5. The molecule has 136 valence electrons. The molecule has 0 aromatic heterocycles. The molecule has 0 spiro atoms. The van der Waals surface area contributed by atoms with Gasteiger partial charge in [0, 0.05) is 22.5 Å².